The van der Waals surface area contributed by atoms with Crippen molar-refractivity contribution in [2.24, 2.45) is 7.05 Å². The lowest BCUT2D eigenvalue weighted by Crippen LogP contribution is -2.15. The molecule has 0 saturated carbocycles. The second kappa shape index (κ2) is 7.89. The Balaban J connectivity index is 1.69. The molecule has 5 heteroatoms. The Hall–Kier alpha value is -2.08. The number of fused-ring (bicyclic) bond motifs is 5. The Kier molecular flexibility index (Phi) is 5.34. The first-order chi connectivity index (χ1) is 13.1. The van der Waals surface area contributed by atoms with Gasteiger partial charge in [-0.2, -0.15) is 0 Å². The summed E-state index contributed by atoms with van der Waals surface area (Å²) in [4.78, 5) is 9.69. The van der Waals surface area contributed by atoms with Gasteiger partial charge >= 0.3 is 0 Å². The Morgan fingerprint density at radius 1 is 1.00 bits per heavy atom. The van der Waals surface area contributed by atoms with Crippen LogP contribution in [0.5, 0.6) is 0 Å². The van der Waals surface area contributed by atoms with Crippen LogP contribution in [-0.2, 0) is 18.4 Å². The van der Waals surface area contributed by atoms with Gasteiger partial charge in [-0.15, -0.1) is 0 Å². The van der Waals surface area contributed by atoms with E-state index in [9.17, 15) is 0 Å². The highest BCUT2D eigenvalue weighted by Gasteiger charge is 2.25. The highest BCUT2D eigenvalue weighted by molar-refractivity contribution is 7.99. The van der Waals surface area contributed by atoms with Crippen LogP contribution in [0.2, 0.25) is 0 Å². The zero-order chi connectivity index (χ0) is 18.8. The molecule has 0 N–H and O–H groups in total. The summed E-state index contributed by atoms with van der Waals surface area (Å²) in [6.07, 6.45) is 1.03. The van der Waals surface area contributed by atoms with Gasteiger partial charge in [-0.1, -0.05) is 48.2 Å². The fourth-order valence-corrected chi connectivity index (χ4v) is 4.52. The maximum absolute atomic E-state index is 5.92. The average Bonchev–Trinajstić information content (AvgIpc) is 2.90. The van der Waals surface area contributed by atoms with Crippen molar-refractivity contribution in [3.63, 3.8) is 0 Å². The Morgan fingerprint density at radius 3 is 2.41 bits per heavy atom. The molecule has 3 aromatic rings. The van der Waals surface area contributed by atoms with Crippen molar-refractivity contribution in [2.45, 2.75) is 22.8 Å². The molecule has 2 heterocycles. The molecule has 0 radical (unpaired) electrons. The molecule has 2 aromatic carbocycles. The second-order valence-electron chi connectivity index (χ2n) is 7.09. The number of ether oxygens (including phenoxy) is 1. The molecule has 140 valence electrons. The molecule has 0 aliphatic carbocycles. The summed E-state index contributed by atoms with van der Waals surface area (Å²) in [5.74, 6) is 0.973. The third-order valence-electron chi connectivity index (χ3n) is 4.82. The van der Waals surface area contributed by atoms with E-state index in [2.05, 4.69) is 79.1 Å². The first-order valence-electron chi connectivity index (χ1n) is 9.30. The molecule has 0 spiro atoms. The highest BCUT2D eigenvalue weighted by atomic mass is 32.2. The molecule has 0 fully saturated rings. The SMILES string of the molecule is CN(C)CCCOCc1nc2c(n1C)-c1ccccc1Sc1ccccc1-2. The molecular formula is C22H25N3OS. The summed E-state index contributed by atoms with van der Waals surface area (Å²) in [6, 6.07) is 17.1. The Bertz CT molecular complexity index is 948. The third kappa shape index (κ3) is 3.68. The number of benzene rings is 2. The van der Waals surface area contributed by atoms with Gasteiger partial charge in [0.1, 0.15) is 12.4 Å². The van der Waals surface area contributed by atoms with Crippen molar-refractivity contribution < 1.29 is 4.74 Å². The minimum Gasteiger partial charge on any atom is -0.373 e. The number of nitrogens with zero attached hydrogens (tertiary/aromatic N) is 3. The summed E-state index contributed by atoms with van der Waals surface area (Å²) in [5, 5.41) is 0. The summed E-state index contributed by atoms with van der Waals surface area (Å²) >= 11 is 1.82. The number of aromatic nitrogens is 2. The van der Waals surface area contributed by atoms with Gasteiger partial charge in [-0.3, -0.25) is 0 Å². The smallest absolute Gasteiger partial charge is 0.135 e. The monoisotopic (exact) mass is 379 g/mol. The predicted molar refractivity (Wildman–Crippen MR) is 111 cm³/mol. The van der Waals surface area contributed by atoms with E-state index in [1.807, 2.05) is 11.8 Å². The average molecular weight is 380 g/mol. The van der Waals surface area contributed by atoms with E-state index in [1.54, 1.807) is 0 Å². The van der Waals surface area contributed by atoms with Crippen LogP contribution in [0, 0.1) is 0 Å². The number of rotatable bonds is 6. The molecule has 0 saturated heterocycles. The lowest BCUT2D eigenvalue weighted by molar-refractivity contribution is 0.106. The predicted octanol–water partition coefficient (Wildman–Crippen LogP) is 4.69. The summed E-state index contributed by atoms with van der Waals surface area (Å²) < 4.78 is 8.12. The van der Waals surface area contributed by atoms with Crippen molar-refractivity contribution >= 4 is 11.8 Å². The van der Waals surface area contributed by atoms with Crippen LogP contribution in [0.25, 0.3) is 22.5 Å². The molecular weight excluding hydrogens is 354 g/mol. The third-order valence-corrected chi connectivity index (χ3v) is 5.97. The van der Waals surface area contributed by atoms with Gasteiger partial charge in [0.2, 0.25) is 0 Å². The van der Waals surface area contributed by atoms with Crippen molar-refractivity contribution in [1.82, 2.24) is 14.5 Å². The minimum absolute atomic E-state index is 0.536. The molecule has 1 aliphatic heterocycles. The zero-order valence-corrected chi connectivity index (χ0v) is 16.9. The van der Waals surface area contributed by atoms with E-state index in [-0.39, 0.29) is 0 Å². The topological polar surface area (TPSA) is 30.3 Å². The first kappa shape index (κ1) is 18.3. The summed E-state index contributed by atoms with van der Waals surface area (Å²) in [6.45, 7) is 2.32. The van der Waals surface area contributed by atoms with Gasteiger partial charge in [-0.25, -0.2) is 4.98 Å². The van der Waals surface area contributed by atoms with Gasteiger partial charge in [-0.05, 0) is 39.2 Å². The van der Waals surface area contributed by atoms with Crippen molar-refractivity contribution in [3.8, 4) is 22.5 Å². The van der Waals surface area contributed by atoms with E-state index in [4.69, 9.17) is 9.72 Å². The van der Waals surface area contributed by atoms with Gasteiger partial charge in [0.05, 0.1) is 11.4 Å². The zero-order valence-electron chi connectivity index (χ0n) is 16.1. The lowest BCUT2D eigenvalue weighted by atomic mass is 10.1. The standard InChI is InChI=1S/C22H25N3OS/c1-24(2)13-8-14-26-15-20-23-21-16-9-4-6-11-18(16)27-19-12-7-5-10-17(19)22(21)25(20)3/h4-7,9-12H,8,13-15H2,1-3H3. The largest absolute Gasteiger partial charge is 0.373 e. The van der Waals surface area contributed by atoms with E-state index in [1.165, 1.54) is 26.6 Å². The Labute approximate surface area is 165 Å². The normalized spacial score (nSPS) is 12.4. The van der Waals surface area contributed by atoms with Crippen LogP contribution in [0.4, 0.5) is 0 Å². The number of imidazole rings is 1. The van der Waals surface area contributed by atoms with Crippen LogP contribution in [0.15, 0.2) is 58.3 Å². The van der Waals surface area contributed by atoms with Gasteiger partial charge < -0.3 is 14.2 Å². The molecule has 4 nitrogen and oxygen atoms in total. The fourth-order valence-electron chi connectivity index (χ4n) is 3.44. The van der Waals surface area contributed by atoms with Gasteiger partial charge in [0.25, 0.3) is 0 Å². The van der Waals surface area contributed by atoms with E-state index in [0.717, 1.165) is 31.1 Å². The van der Waals surface area contributed by atoms with E-state index in [0.29, 0.717) is 6.61 Å². The van der Waals surface area contributed by atoms with Gasteiger partial charge in [0.15, 0.2) is 0 Å². The molecule has 0 unspecified atom stereocenters. The number of hydrogen-bond donors (Lipinski definition) is 0. The van der Waals surface area contributed by atoms with Crippen LogP contribution < -0.4 is 0 Å². The second-order valence-corrected chi connectivity index (χ2v) is 8.17. The van der Waals surface area contributed by atoms with E-state index >= 15 is 0 Å². The lowest BCUT2D eigenvalue weighted by Gasteiger charge is -2.11. The van der Waals surface area contributed by atoms with Crippen LogP contribution in [-0.4, -0.2) is 41.7 Å². The highest BCUT2D eigenvalue weighted by Crippen LogP contribution is 2.47. The first-order valence-corrected chi connectivity index (χ1v) is 10.1. The minimum atomic E-state index is 0.536. The van der Waals surface area contributed by atoms with Crippen molar-refractivity contribution in [2.75, 3.05) is 27.2 Å². The molecule has 0 bridgehead atoms. The Morgan fingerprint density at radius 2 is 1.67 bits per heavy atom. The number of hydrogen-bond acceptors (Lipinski definition) is 4. The van der Waals surface area contributed by atoms with Crippen LogP contribution >= 0.6 is 11.8 Å². The van der Waals surface area contributed by atoms with Gasteiger partial charge in [0, 0.05) is 34.6 Å². The van der Waals surface area contributed by atoms with E-state index < -0.39 is 0 Å². The van der Waals surface area contributed by atoms with Crippen LogP contribution in [0.3, 0.4) is 0 Å². The summed E-state index contributed by atoms with van der Waals surface area (Å²) in [7, 11) is 6.27. The molecule has 0 amide bonds. The molecule has 1 aliphatic rings. The quantitative estimate of drug-likeness (QED) is 0.455. The maximum atomic E-state index is 5.92. The summed E-state index contributed by atoms with van der Waals surface area (Å²) in [5.41, 5.74) is 4.66. The molecule has 27 heavy (non-hydrogen) atoms. The molecule has 4 rings (SSSR count). The van der Waals surface area contributed by atoms with Crippen LogP contribution in [0.1, 0.15) is 12.2 Å². The van der Waals surface area contributed by atoms with Crippen molar-refractivity contribution in [1.29, 1.82) is 0 Å². The maximum Gasteiger partial charge on any atom is 0.135 e. The molecule has 0 atom stereocenters. The fraction of sp³-hybridized carbons (Fsp3) is 0.318. The van der Waals surface area contributed by atoms with Crippen molar-refractivity contribution in [3.05, 3.63) is 54.4 Å². The molecule has 1 aromatic heterocycles.